The van der Waals surface area contributed by atoms with Crippen LogP contribution in [0.4, 0.5) is 0 Å². The molecule has 8 nitrogen and oxygen atoms in total. The highest BCUT2D eigenvalue weighted by Crippen LogP contribution is 2.29. The van der Waals surface area contributed by atoms with Crippen molar-refractivity contribution in [1.29, 1.82) is 0 Å². The fraction of sp³-hybridized carbons (Fsp3) is 0.476. The number of carboxylic acids is 1. The number of nitrogens with one attached hydrogen (secondary N) is 1. The van der Waals surface area contributed by atoms with Gasteiger partial charge in [0.05, 0.1) is 11.6 Å². The Kier molecular flexibility index (Phi) is 6.81. The summed E-state index contributed by atoms with van der Waals surface area (Å²) in [5.41, 5.74) is 1.51. The van der Waals surface area contributed by atoms with Crippen LogP contribution in [0.5, 0.6) is 0 Å². The molecule has 1 saturated heterocycles. The molecule has 0 aromatic carbocycles. The number of nitrogens with zero attached hydrogens (tertiary/aromatic N) is 3. The van der Waals surface area contributed by atoms with Crippen molar-refractivity contribution in [3.63, 3.8) is 0 Å². The summed E-state index contributed by atoms with van der Waals surface area (Å²) in [7, 11) is 0. The largest absolute Gasteiger partial charge is 0.480 e. The van der Waals surface area contributed by atoms with E-state index < -0.39 is 17.9 Å². The Morgan fingerprint density at radius 1 is 1.33 bits per heavy atom. The number of aliphatic carboxylic acids is 1. The molecule has 30 heavy (non-hydrogen) atoms. The van der Waals surface area contributed by atoms with E-state index in [0.29, 0.717) is 30.0 Å². The smallest absolute Gasteiger partial charge is 0.326 e. The van der Waals surface area contributed by atoms with Crippen LogP contribution in [0.2, 0.25) is 0 Å². The number of piperidine rings is 1. The molecule has 0 bridgehead atoms. The van der Waals surface area contributed by atoms with Crippen molar-refractivity contribution in [1.82, 2.24) is 20.2 Å². The average molecular weight is 431 g/mol. The maximum absolute atomic E-state index is 13.1. The number of thiazole rings is 1. The predicted octanol–water partition coefficient (Wildman–Crippen LogP) is 2.59. The Morgan fingerprint density at radius 2 is 2.10 bits per heavy atom. The molecule has 3 heterocycles. The Balaban J connectivity index is 1.71. The van der Waals surface area contributed by atoms with Gasteiger partial charge in [-0.3, -0.25) is 14.6 Å². The van der Waals surface area contributed by atoms with Gasteiger partial charge in [0.1, 0.15) is 15.9 Å². The fourth-order valence-electron chi connectivity index (χ4n) is 3.51. The highest BCUT2D eigenvalue weighted by atomic mass is 32.1. The fourth-order valence-corrected chi connectivity index (χ4v) is 4.54. The Labute approximate surface area is 179 Å². The van der Waals surface area contributed by atoms with Gasteiger partial charge in [0.25, 0.3) is 5.91 Å². The molecule has 0 aliphatic carbocycles. The van der Waals surface area contributed by atoms with Crippen LogP contribution in [-0.2, 0) is 9.59 Å². The van der Waals surface area contributed by atoms with Gasteiger partial charge in [-0.2, -0.15) is 0 Å². The molecule has 1 fully saturated rings. The van der Waals surface area contributed by atoms with Gasteiger partial charge in [-0.05, 0) is 37.8 Å². The SMILES string of the molecule is Cc1nc(-c2cccnc2)sc1C(=O)N1CCCC(C(=O)NC(C(=O)O)C(C)C)C1. The van der Waals surface area contributed by atoms with Crippen LogP contribution in [0.15, 0.2) is 24.5 Å². The Bertz CT molecular complexity index is 928. The molecule has 3 rings (SSSR count). The molecular weight excluding hydrogens is 404 g/mol. The number of likely N-dealkylation sites (tertiary alicyclic amines) is 1. The van der Waals surface area contributed by atoms with E-state index >= 15 is 0 Å². The van der Waals surface area contributed by atoms with E-state index in [0.717, 1.165) is 10.6 Å². The molecule has 2 N–H and O–H groups in total. The zero-order valence-corrected chi connectivity index (χ0v) is 18.1. The van der Waals surface area contributed by atoms with Gasteiger partial charge in [-0.15, -0.1) is 11.3 Å². The van der Waals surface area contributed by atoms with Crippen molar-refractivity contribution < 1.29 is 19.5 Å². The quantitative estimate of drug-likeness (QED) is 0.728. The summed E-state index contributed by atoms with van der Waals surface area (Å²) in [5.74, 6) is -2.15. The van der Waals surface area contributed by atoms with Crippen molar-refractivity contribution >= 4 is 29.1 Å². The van der Waals surface area contributed by atoms with Gasteiger partial charge >= 0.3 is 5.97 Å². The van der Waals surface area contributed by atoms with Crippen molar-refractivity contribution in [3.8, 4) is 10.6 Å². The van der Waals surface area contributed by atoms with Gasteiger partial charge in [-0.25, -0.2) is 9.78 Å². The number of hydrogen-bond acceptors (Lipinski definition) is 6. The first kappa shape index (κ1) is 21.9. The van der Waals surface area contributed by atoms with E-state index in [1.807, 2.05) is 12.1 Å². The number of rotatable bonds is 6. The second kappa shape index (κ2) is 9.34. The maximum Gasteiger partial charge on any atom is 0.326 e. The van der Waals surface area contributed by atoms with E-state index in [9.17, 15) is 19.5 Å². The zero-order valence-electron chi connectivity index (χ0n) is 17.3. The summed E-state index contributed by atoms with van der Waals surface area (Å²) in [6.07, 6.45) is 4.71. The number of aryl methyl sites for hydroxylation is 1. The summed E-state index contributed by atoms with van der Waals surface area (Å²) in [6, 6.07) is 2.78. The number of amides is 2. The van der Waals surface area contributed by atoms with Gasteiger partial charge in [0.15, 0.2) is 0 Å². The lowest BCUT2D eigenvalue weighted by Crippen LogP contribution is -2.50. The van der Waals surface area contributed by atoms with E-state index in [1.54, 1.807) is 38.1 Å². The van der Waals surface area contributed by atoms with E-state index in [4.69, 9.17) is 0 Å². The Hall–Kier alpha value is -2.81. The summed E-state index contributed by atoms with van der Waals surface area (Å²) in [6.45, 7) is 6.14. The first-order valence-electron chi connectivity index (χ1n) is 9.98. The number of hydrogen-bond donors (Lipinski definition) is 2. The predicted molar refractivity (Wildman–Crippen MR) is 113 cm³/mol. The lowest BCUT2D eigenvalue weighted by Gasteiger charge is -2.32. The molecule has 0 radical (unpaired) electrons. The standard InChI is InChI=1S/C21H26N4O4S/c1-12(2)16(21(28)29)24-18(26)15-7-5-9-25(11-15)20(27)17-13(3)23-19(30-17)14-6-4-8-22-10-14/h4,6,8,10,12,15-16H,5,7,9,11H2,1-3H3,(H,24,26)(H,28,29). The van der Waals surface area contributed by atoms with Gasteiger partial charge in [0, 0.05) is 31.0 Å². The highest BCUT2D eigenvalue weighted by Gasteiger charge is 2.33. The van der Waals surface area contributed by atoms with Crippen molar-refractivity contribution in [3.05, 3.63) is 35.1 Å². The third-order valence-electron chi connectivity index (χ3n) is 5.21. The minimum atomic E-state index is -1.05. The molecule has 2 unspecified atom stereocenters. The van der Waals surface area contributed by atoms with Gasteiger partial charge in [0.2, 0.25) is 5.91 Å². The molecular formula is C21H26N4O4S. The molecule has 160 valence electrons. The average Bonchev–Trinajstić information content (AvgIpc) is 3.13. The van der Waals surface area contributed by atoms with Crippen LogP contribution in [0.1, 0.15) is 42.1 Å². The van der Waals surface area contributed by atoms with Gasteiger partial charge < -0.3 is 15.3 Å². The van der Waals surface area contributed by atoms with E-state index in [2.05, 4.69) is 15.3 Å². The summed E-state index contributed by atoms with van der Waals surface area (Å²) < 4.78 is 0. The van der Waals surface area contributed by atoms with E-state index in [-0.39, 0.29) is 24.3 Å². The first-order chi connectivity index (χ1) is 14.3. The number of pyridine rings is 1. The second-order valence-corrected chi connectivity index (χ2v) is 8.83. The van der Waals surface area contributed by atoms with E-state index in [1.165, 1.54) is 11.3 Å². The lowest BCUT2D eigenvalue weighted by molar-refractivity contribution is -0.144. The van der Waals surface area contributed by atoms with Gasteiger partial charge in [-0.1, -0.05) is 13.8 Å². The molecule has 2 amide bonds. The molecule has 2 atom stereocenters. The molecule has 2 aromatic rings. The number of aromatic nitrogens is 2. The molecule has 2 aromatic heterocycles. The van der Waals surface area contributed by atoms with Crippen LogP contribution in [-0.4, -0.2) is 56.9 Å². The molecule has 0 saturated carbocycles. The molecule has 1 aliphatic heterocycles. The minimum Gasteiger partial charge on any atom is -0.480 e. The summed E-state index contributed by atoms with van der Waals surface area (Å²) in [5, 5.41) is 12.7. The summed E-state index contributed by atoms with van der Waals surface area (Å²) >= 11 is 1.32. The number of carbonyl (C=O) groups is 3. The topological polar surface area (TPSA) is 112 Å². The first-order valence-corrected chi connectivity index (χ1v) is 10.8. The minimum absolute atomic E-state index is 0.142. The second-order valence-electron chi connectivity index (χ2n) is 7.83. The van der Waals surface area contributed by atoms with Crippen LogP contribution in [0.25, 0.3) is 10.6 Å². The van der Waals surface area contributed by atoms with Crippen LogP contribution in [0.3, 0.4) is 0 Å². The van der Waals surface area contributed by atoms with Crippen molar-refractivity contribution in [2.45, 2.75) is 39.7 Å². The zero-order chi connectivity index (χ0) is 21.8. The van der Waals surface area contributed by atoms with Crippen LogP contribution >= 0.6 is 11.3 Å². The molecule has 9 heteroatoms. The van der Waals surface area contributed by atoms with Crippen LogP contribution in [0, 0.1) is 18.8 Å². The summed E-state index contributed by atoms with van der Waals surface area (Å²) in [4.78, 5) is 48.0. The molecule has 0 spiro atoms. The highest BCUT2D eigenvalue weighted by molar-refractivity contribution is 7.17. The normalized spacial score (nSPS) is 17.6. The van der Waals surface area contributed by atoms with Crippen molar-refractivity contribution in [2.24, 2.45) is 11.8 Å². The maximum atomic E-state index is 13.1. The molecule has 1 aliphatic rings. The third-order valence-corrected chi connectivity index (χ3v) is 6.40. The number of carbonyl (C=O) groups excluding carboxylic acids is 2. The third kappa shape index (κ3) is 4.84. The lowest BCUT2D eigenvalue weighted by atomic mass is 9.95. The Morgan fingerprint density at radius 3 is 2.73 bits per heavy atom. The van der Waals surface area contributed by atoms with Crippen LogP contribution < -0.4 is 5.32 Å². The monoisotopic (exact) mass is 430 g/mol. The number of carboxylic acid groups (broad SMARTS) is 1. The van der Waals surface area contributed by atoms with Crippen molar-refractivity contribution in [2.75, 3.05) is 13.1 Å².